The van der Waals surface area contributed by atoms with Gasteiger partial charge in [0.2, 0.25) is 11.8 Å². The molecule has 3 N–H and O–H groups in total. The lowest BCUT2D eigenvalue weighted by molar-refractivity contribution is -0.139. The molecule has 12 nitrogen and oxygen atoms in total. The summed E-state index contributed by atoms with van der Waals surface area (Å²) < 4.78 is 10.8. The number of aromatic nitrogens is 4. The van der Waals surface area contributed by atoms with E-state index in [1.54, 1.807) is 13.1 Å². The van der Waals surface area contributed by atoms with Crippen LogP contribution in [0.1, 0.15) is 37.3 Å². The van der Waals surface area contributed by atoms with Crippen molar-refractivity contribution in [2.45, 2.75) is 45.2 Å². The first-order valence-corrected chi connectivity index (χ1v) is 11.8. The third-order valence-corrected chi connectivity index (χ3v) is 7.29. The number of aryl methyl sites for hydroxylation is 1. The smallest absolute Gasteiger partial charge is 0.290 e. The molecule has 34 heavy (non-hydrogen) atoms. The number of H-pyrrole nitrogens is 1. The zero-order chi connectivity index (χ0) is 24.0. The molecule has 2 aromatic heterocycles. The van der Waals surface area contributed by atoms with Gasteiger partial charge >= 0.3 is 0 Å². The average Bonchev–Trinajstić information content (AvgIpc) is 3.55. The van der Waals surface area contributed by atoms with Gasteiger partial charge in [0, 0.05) is 45.3 Å². The van der Waals surface area contributed by atoms with E-state index < -0.39 is 5.41 Å². The molecule has 0 spiro atoms. The number of nitrogens with zero attached hydrogens (tertiary/aromatic N) is 5. The Balaban J connectivity index is 0.000000868. The van der Waals surface area contributed by atoms with Gasteiger partial charge in [0.05, 0.1) is 30.9 Å². The summed E-state index contributed by atoms with van der Waals surface area (Å²) >= 11 is 0. The average molecular weight is 476 g/mol. The molecule has 0 radical (unpaired) electrons. The first kappa shape index (κ1) is 24.1. The van der Waals surface area contributed by atoms with Crippen LogP contribution in [0.15, 0.2) is 16.8 Å². The van der Waals surface area contributed by atoms with Crippen molar-refractivity contribution in [3.8, 4) is 0 Å². The third kappa shape index (κ3) is 5.22. The summed E-state index contributed by atoms with van der Waals surface area (Å²) in [6.07, 6.45) is 5.59. The number of piperidine rings is 1. The van der Waals surface area contributed by atoms with E-state index in [2.05, 4.69) is 35.5 Å². The Bertz CT molecular complexity index is 930. The van der Waals surface area contributed by atoms with E-state index >= 15 is 0 Å². The lowest BCUT2D eigenvalue weighted by atomic mass is 9.61. The van der Waals surface area contributed by atoms with Crippen molar-refractivity contribution in [1.29, 1.82) is 0 Å². The third-order valence-electron chi connectivity index (χ3n) is 7.29. The quantitative estimate of drug-likeness (QED) is 0.530. The molecule has 0 unspecified atom stereocenters. The van der Waals surface area contributed by atoms with Crippen LogP contribution >= 0.6 is 0 Å². The van der Waals surface area contributed by atoms with Crippen LogP contribution in [-0.4, -0.2) is 88.2 Å². The minimum atomic E-state index is -0.449. The summed E-state index contributed by atoms with van der Waals surface area (Å²) in [7, 11) is 0. The molecular weight excluding hydrogens is 442 g/mol. The highest BCUT2D eigenvalue weighted by molar-refractivity contribution is 5.84. The minimum Gasteiger partial charge on any atom is -0.483 e. The molecule has 2 aliphatic heterocycles. The lowest BCUT2D eigenvalue weighted by Crippen LogP contribution is -2.61. The van der Waals surface area contributed by atoms with Crippen LogP contribution in [0, 0.1) is 18.3 Å². The highest BCUT2D eigenvalue weighted by Gasteiger charge is 2.53. The van der Waals surface area contributed by atoms with Gasteiger partial charge in [-0.05, 0) is 42.8 Å². The Labute approximate surface area is 198 Å². The van der Waals surface area contributed by atoms with Crippen molar-refractivity contribution in [3.05, 3.63) is 23.8 Å². The SMILES string of the molecule is Cc1nc(N2CC[C@@H]3C[C@@H](N4CCOCC4)CC[C@@]3(C(=O)NCc3ccn[nH]3)C2)no1.O=CO. The van der Waals surface area contributed by atoms with Crippen LogP contribution in [0.4, 0.5) is 5.95 Å². The first-order valence-electron chi connectivity index (χ1n) is 11.8. The molecule has 0 aromatic carbocycles. The van der Waals surface area contributed by atoms with Crippen molar-refractivity contribution in [3.63, 3.8) is 0 Å². The van der Waals surface area contributed by atoms with Crippen molar-refractivity contribution in [1.82, 2.24) is 30.6 Å². The van der Waals surface area contributed by atoms with E-state index in [0.717, 1.165) is 64.2 Å². The highest BCUT2D eigenvalue weighted by atomic mass is 16.5. The molecule has 2 aromatic rings. The topological polar surface area (TPSA) is 150 Å². The molecule has 3 aliphatic rings. The summed E-state index contributed by atoms with van der Waals surface area (Å²) in [5.41, 5.74) is 0.458. The normalized spacial score (nSPS) is 27.3. The van der Waals surface area contributed by atoms with Gasteiger partial charge in [-0.2, -0.15) is 10.1 Å². The summed E-state index contributed by atoms with van der Waals surface area (Å²) in [6, 6.07) is 2.42. The van der Waals surface area contributed by atoms with Crippen LogP contribution in [0.25, 0.3) is 0 Å². The number of hydrogen-bond donors (Lipinski definition) is 3. The minimum absolute atomic E-state index is 0.123. The number of ether oxygens (including phenoxy) is 1. The van der Waals surface area contributed by atoms with Crippen LogP contribution < -0.4 is 10.2 Å². The Hall–Kier alpha value is -2.99. The van der Waals surface area contributed by atoms with E-state index in [4.69, 9.17) is 19.2 Å². The van der Waals surface area contributed by atoms with Gasteiger partial charge in [-0.25, -0.2) is 0 Å². The number of nitrogens with one attached hydrogen (secondary N) is 2. The number of morpholine rings is 1. The molecule has 3 fully saturated rings. The molecule has 5 rings (SSSR count). The molecule has 1 saturated carbocycles. The molecule has 3 atom stereocenters. The van der Waals surface area contributed by atoms with Gasteiger partial charge in [-0.1, -0.05) is 0 Å². The Morgan fingerprint density at radius 3 is 2.82 bits per heavy atom. The van der Waals surface area contributed by atoms with Crippen LogP contribution in [0.5, 0.6) is 0 Å². The number of amides is 1. The van der Waals surface area contributed by atoms with Crippen molar-refractivity contribution < 1.29 is 24.0 Å². The standard InChI is InChI=1S/C21H31N7O3.CH2O2/c1-15-24-20(26-31-15)28-7-4-16-12-18(27-8-10-30-11-9-27)2-5-21(16,14-28)19(29)22-13-17-3-6-23-25-17;2-1-3/h3,6,16,18H,2,4-5,7-14H2,1H3,(H,22,29)(H,23,25);1H,(H,2,3)/t16-,18+,21-;/m1./s1. The fraction of sp³-hybridized carbons (Fsp3) is 0.682. The van der Waals surface area contributed by atoms with Gasteiger partial charge in [-0.15, -0.1) is 0 Å². The predicted molar refractivity (Wildman–Crippen MR) is 121 cm³/mol. The van der Waals surface area contributed by atoms with Crippen LogP contribution in [0.3, 0.4) is 0 Å². The van der Waals surface area contributed by atoms with E-state index in [1.807, 2.05) is 6.07 Å². The molecule has 12 heteroatoms. The van der Waals surface area contributed by atoms with Gasteiger partial charge in [-0.3, -0.25) is 19.6 Å². The molecule has 186 valence electrons. The summed E-state index contributed by atoms with van der Waals surface area (Å²) in [5, 5.41) is 21.1. The number of carbonyl (C=O) groups is 2. The zero-order valence-corrected chi connectivity index (χ0v) is 19.5. The second kappa shape index (κ2) is 11.0. The maximum absolute atomic E-state index is 13.6. The fourth-order valence-corrected chi connectivity index (χ4v) is 5.60. The van der Waals surface area contributed by atoms with Crippen LogP contribution in [0.2, 0.25) is 0 Å². The maximum Gasteiger partial charge on any atom is 0.290 e. The summed E-state index contributed by atoms with van der Waals surface area (Å²) in [4.78, 5) is 31.1. The van der Waals surface area contributed by atoms with E-state index in [9.17, 15) is 4.79 Å². The lowest BCUT2D eigenvalue weighted by Gasteiger charge is -2.53. The largest absolute Gasteiger partial charge is 0.483 e. The van der Waals surface area contributed by atoms with Gasteiger partial charge in [0.1, 0.15) is 0 Å². The summed E-state index contributed by atoms with van der Waals surface area (Å²) in [5.74, 6) is 1.59. The molecular formula is C22H33N7O5. The molecule has 1 aliphatic carbocycles. The number of anilines is 1. The fourth-order valence-electron chi connectivity index (χ4n) is 5.60. The van der Waals surface area contributed by atoms with Crippen LogP contribution in [-0.2, 0) is 20.9 Å². The maximum atomic E-state index is 13.6. The van der Waals surface area contributed by atoms with Crippen molar-refractivity contribution >= 4 is 18.3 Å². The Morgan fingerprint density at radius 2 is 2.15 bits per heavy atom. The number of carbonyl (C=O) groups excluding carboxylic acids is 1. The Kier molecular flexibility index (Phi) is 7.78. The van der Waals surface area contributed by atoms with E-state index in [1.165, 1.54) is 0 Å². The van der Waals surface area contributed by atoms with Crippen molar-refractivity contribution in [2.24, 2.45) is 11.3 Å². The molecule has 4 heterocycles. The first-order chi connectivity index (χ1) is 16.6. The number of hydrogen-bond acceptors (Lipinski definition) is 9. The van der Waals surface area contributed by atoms with Gasteiger partial charge < -0.3 is 24.6 Å². The van der Waals surface area contributed by atoms with E-state index in [0.29, 0.717) is 36.9 Å². The zero-order valence-electron chi connectivity index (χ0n) is 19.5. The van der Waals surface area contributed by atoms with Gasteiger partial charge in [0.15, 0.2) is 0 Å². The van der Waals surface area contributed by atoms with Gasteiger partial charge in [0.25, 0.3) is 12.4 Å². The monoisotopic (exact) mass is 475 g/mol. The number of carboxylic acid groups (broad SMARTS) is 1. The second-order valence-corrected chi connectivity index (χ2v) is 9.12. The highest BCUT2D eigenvalue weighted by Crippen LogP contribution is 2.48. The molecule has 1 amide bonds. The Morgan fingerprint density at radius 1 is 1.35 bits per heavy atom. The molecule has 2 saturated heterocycles. The molecule has 0 bridgehead atoms. The summed E-state index contributed by atoms with van der Waals surface area (Å²) in [6.45, 7) is 7.07. The van der Waals surface area contributed by atoms with Crippen molar-refractivity contribution in [2.75, 3.05) is 44.3 Å². The number of fused-ring (bicyclic) bond motifs is 1. The van der Waals surface area contributed by atoms with E-state index in [-0.39, 0.29) is 12.4 Å². The second-order valence-electron chi connectivity index (χ2n) is 9.12. The predicted octanol–water partition coefficient (Wildman–Crippen LogP) is 0.816. The number of aromatic amines is 1. The number of rotatable bonds is 5.